The van der Waals surface area contributed by atoms with Crippen molar-refractivity contribution in [2.24, 2.45) is 5.73 Å². The van der Waals surface area contributed by atoms with Gasteiger partial charge in [-0.05, 0) is 54.9 Å². The van der Waals surface area contributed by atoms with Crippen molar-refractivity contribution in [3.63, 3.8) is 0 Å². The summed E-state index contributed by atoms with van der Waals surface area (Å²) in [5, 5.41) is 13.4. The summed E-state index contributed by atoms with van der Waals surface area (Å²) < 4.78 is 36.6. The molecule has 8 nitrogen and oxygen atoms in total. The molecule has 1 aliphatic rings. The predicted octanol–water partition coefficient (Wildman–Crippen LogP) is 2.82. The number of carbonyl (C=O) groups excluding carboxylic acids is 2. The first-order valence-electron chi connectivity index (χ1n) is 10.9. The molecule has 198 valence electrons. The van der Waals surface area contributed by atoms with Crippen LogP contribution in [0.1, 0.15) is 36.3 Å². The fourth-order valence-corrected chi connectivity index (χ4v) is 4.09. The number of thiol groups is 1. The molecule has 0 bridgehead atoms. The van der Waals surface area contributed by atoms with Crippen LogP contribution in [0.15, 0.2) is 18.2 Å². The van der Waals surface area contributed by atoms with E-state index in [9.17, 15) is 22.8 Å². The van der Waals surface area contributed by atoms with Crippen LogP contribution in [0, 0.1) is 0 Å². The fourth-order valence-electron chi connectivity index (χ4n) is 3.49. The Morgan fingerprint density at radius 3 is 2.54 bits per heavy atom. The lowest BCUT2D eigenvalue weighted by Gasteiger charge is -2.28. The number of hydrogen-bond acceptors (Lipinski definition) is 8. The molecule has 3 atom stereocenters. The van der Waals surface area contributed by atoms with Crippen LogP contribution >= 0.6 is 24.4 Å². The van der Waals surface area contributed by atoms with Gasteiger partial charge in [0.05, 0.1) is 13.0 Å². The molecule has 0 fully saturated rings. The number of alkyl halides is 3. The lowest BCUT2D eigenvalue weighted by Crippen LogP contribution is -2.44. The maximum atomic E-state index is 13.0. The first-order valence-corrected chi connectivity index (χ1v) is 12.9. The number of thioether (sulfide) groups is 1. The molecule has 0 aromatic heterocycles. The van der Waals surface area contributed by atoms with Crippen LogP contribution in [0.4, 0.5) is 18.9 Å². The quantitative estimate of drug-likeness (QED) is 0.227. The number of nitrogens with two attached hydrogens (primary N) is 1. The van der Waals surface area contributed by atoms with Crippen molar-refractivity contribution in [2.75, 3.05) is 36.7 Å². The van der Waals surface area contributed by atoms with Crippen molar-refractivity contribution >= 4 is 47.9 Å². The lowest BCUT2D eigenvalue weighted by molar-refractivity contribution is -0.192. The van der Waals surface area contributed by atoms with E-state index in [1.54, 1.807) is 11.8 Å². The zero-order valence-corrected chi connectivity index (χ0v) is 21.3. The molecule has 0 saturated heterocycles. The zero-order chi connectivity index (χ0) is 26.6. The number of amides is 1. The summed E-state index contributed by atoms with van der Waals surface area (Å²) in [7, 11) is 1.35. The highest BCUT2D eigenvalue weighted by Crippen LogP contribution is 2.36. The van der Waals surface area contributed by atoms with Crippen molar-refractivity contribution < 1.29 is 37.4 Å². The Morgan fingerprint density at radius 1 is 1.34 bits per heavy atom. The number of fused-ring (bicyclic) bond motifs is 1. The van der Waals surface area contributed by atoms with Gasteiger partial charge in [-0.25, -0.2) is 9.59 Å². The Labute approximate surface area is 212 Å². The minimum atomic E-state index is -5.08. The molecule has 5 N–H and O–H groups in total. The summed E-state index contributed by atoms with van der Waals surface area (Å²) in [5.41, 5.74) is 9.18. The van der Waals surface area contributed by atoms with Gasteiger partial charge in [0.25, 0.3) is 0 Å². The van der Waals surface area contributed by atoms with E-state index < -0.39 is 24.2 Å². The van der Waals surface area contributed by atoms with Crippen molar-refractivity contribution in [3.8, 4) is 0 Å². The van der Waals surface area contributed by atoms with Crippen LogP contribution in [0.3, 0.4) is 0 Å². The fraction of sp³-hybridized carbons (Fsp3) is 0.591. The van der Waals surface area contributed by atoms with Gasteiger partial charge in [-0.15, -0.1) is 0 Å². The van der Waals surface area contributed by atoms with Crippen molar-refractivity contribution in [1.82, 2.24) is 5.32 Å². The number of aliphatic carboxylic acids is 1. The number of anilines is 1. The summed E-state index contributed by atoms with van der Waals surface area (Å²) in [5.74, 6) is -2.13. The molecule has 0 aliphatic heterocycles. The number of esters is 1. The van der Waals surface area contributed by atoms with E-state index in [0.29, 0.717) is 18.7 Å². The number of carbonyl (C=O) groups is 3. The number of ether oxygens (including phenoxy) is 1. The number of carboxylic acids is 1. The third-order valence-electron chi connectivity index (χ3n) is 5.27. The average Bonchev–Trinajstić information content (AvgIpc) is 2.83. The zero-order valence-electron chi connectivity index (χ0n) is 19.6. The Balaban J connectivity index is 0.000000762. The Morgan fingerprint density at radius 2 is 2.00 bits per heavy atom. The van der Waals surface area contributed by atoms with Gasteiger partial charge in [0, 0.05) is 24.0 Å². The van der Waals surface area contributed by atoms with E-state index in [1.807, 2.05) is 24.5 Å². The number of hydrogen-bond donors (Lipinski definition) is 5. The lowest BCUT2D eigenvalue weighted by atomic mass is 9.81. The van der Waals surface area contributed by atoms with Crippen LogP contribution in [0.2, 0.25) is 0 Å². The maximum absolute atomic E-state index is 13.0. The molecule has 1 amide bonds. The second-order valence-electron chi connectivity index (χ2n) is 7.81. The first kappa shape index (κ1) is 30.9. The van der Waals surface area contributed by atoms with E-state index in [0.717, 1.165) is 36.3 Å². The molecule has 2 rings (SSSR count). The summed E-state index contributed by atoms with van der Waals surface area (Å²) in [4.78, 5) is 33.9. The SMILES string of the molecule is COC(=O)[C@H](CCSC)NC(=O)C1CCCc2c(NC[C@@H](N)CS)cccc21.O=C(O)C(F)(F)F. The van der Waals surface area contributed by atoms with Gasteiger partial charge < -0.3 is 26.2 Å². The number of halogens is 3. The molecule has 1 aromatic rings. The molecule has 0 spiro atoms. The highest BCUT2D eigenvalue weighted by atomic mass is 32.2. The normalized spacial score (nSPS) is 16.6. The number of rotatable bonds is 10. The molecule has 0 radical (unpaired) electrons. The number of carboxylic acid groups (broad SMARTS) is 1. The molecule has 1 unspecified atom stereocenters. The van der Waals surface area contributed by atoms with Gasteiger partial charge in [-0.2, -0.15) is 37.6 Å². The predicted molar refractivity (Wildman–Crippen MR) is 133 cm³/mol. The van der Waals surface area contributed by atoms with E-state index in [2.05, 4.69) is 23.3 Å². The summed E-state index contributed by atoms with van der Waals surface area (Å²) >= 11 is 5.86. The molecular weight excluding hydrogens is 507 g/mol. The van der Waals surface area contributed by atoms with Crippen LogP contribution < -0.4 is 16.4 Å². The Bertz CT molecular complexity index is 858. The van der Waals surface area contributed by atoms with Gasteiger partial charge in [0.1, 0.15) is 6.04 Å². The highest BCUT2D eigenvalue weighted by molar-refractivity contribution is 7.98. The summed E-state index contributed by atoms with van der Waals surface area (Å²) in [6.07, 6.45) is 0.0698. The van der Waals surface area contributed by atoms with Crippen LogP contribution in [0.25, 0.3) is 0 Å². The molecule has 0 saturated carbocycles. The van der Waals surface area contributed by atoms with Gasteiger partial charge in [0.15, 0.2) is 0 Å². The number of nitrogens with one attached hydrogen (secondary N) is 2. The van der Waals surface area contributed by atoms with Crippen molar-refractivity contribution in [1.29, 1.82) is 0 Å². The minimum Gasteiger partial charge on any atom is -0.475 e. The molecule has 1 aliphatic carbocycles. The monoisotopic (exact) mass is 539 g/mol. The topological polar surface area (TPSA) is 131 Å². The van der Waals surface area contributed by atoms with E-state index in [1.165, 1.54) is 12.7 Å². The van der Waals surface area contributed by atoms with Gasteiger partial charge in [-0.3, -0.25) is 4.79 Å². The first-order chi connectivity index (χ1) is 16.5. The summed E-state index contributed by atoms with van der Waals surface area (Å²) in [6.45, 7) is 0.635. The van der Waals surface area contributed by atoms with Gasteiger partial charge in [-0.1, -0.05) is 12.1 Å². The maximum Gasteiger partial charge on any atom is 0.490 e. The van der Waals surface area contributed by atoms with Crippen LogP contribution in [0.5, 0.6) is 0 Å². The van der Waals surface area contributed by atoms with Crippen LogP contribution in [-0.2, 0) is 25.5 Å². The molecule has 35 heavy (non-hydrogen) atoms. The molecule has 13 heteroatoms. The number of benzene rings is 1. The van der Waals surface area contributed by atoms with Gasteiger partial charge in [0.2, 0.25) is 5.91 Å². The Hall–Kier alpha value is -2.12. The molecule has 1 aromatic carbocycles. The third-order valence-corrected chi connectivity index (χ3v) is 6.38. The third kappa shape index (κ3) is 10.2. The summed E-state index contributed by atoms with van der Waals surface area (Å²) in [6, 6.07) is 5.37. The largest absolute Gasteiger partial charge is 0.490 e. The van der Waals surface area contributed by atoms with Crippen molar-refractivity contribution in [2.45, 2.75) is 49.9 Å². The average molecular weight is 540 g/mol. The Kier molecular flexibility index (Phi) is 13.3. The van der Waals surface area contributed by atoms with E-state index >= 15 is 0 Å². The molecule has 0 heterocycles. The smallest absolute Gasteiger partial charge is 0.475 e. The second-order valence-corrected chi connectivity index (χ2v) is 9.16. The van der Waals surface area contributed by atoms with Crippen LogP contribution in [-0.4, -0.2) is 72.6 Å². The standard InChI is InChI=1S/C20H31N3O3S2.C2HF3O2/c1-26-20(25)18(9-10-28-2)23-19(24)16-7-3-6-15-14(16)5-4-8-17(15)22-11-13(21)12-27;3-2(4,5)1(6)7/h4-5,8,13,16,18,22,27H,3,6-7,9-12,21H2,1-2H3,(H,23,24);(H,6,7)/t13-,16?,18+;/m1./s1. The van der Waals surface area contributed by atoms with Crippen molar-refractivity contribution in [3.05, 3.63) is 29.3 Å². The second kappa shape index (κ2) is 15.1. The highest BCUT2D eigenvalue weighted by Gasteiger charge is 2.38. The van der Waals surface area contributed by atoms with Gasteiger partial charge >= 0.3 is 18.1 Å². The molecular formula is C22H32F3N3O5S2. The van der Waals surface area contributed by atoms with E-state index in [4.69, 9.17) is 20.4 Å². The van der Waals surface area contributed by atoms with E-state index in [-0.39, 0.29) is 17.9 Å². The number of methoxy groups -OCH3 is 1. The minimum absolute atomic E-state index is 0.0286.